The van der Waals surface area contributed by atoms with Crippen molar-refractivity contribution in [2.45, 2.75) is 11.8 Å². The van der Waals surface area contributed by atoms with Crippen LogP contribution in [0.15, 0.2) is 70.0 Å². The third kappa shape index (κ3) is 2.48. The van der Waals surface area contributed by atoms with Crippen molar-refractivity contribution in [3.63, 3.8) is 0 Å². The third-order valence-electron chi connectivity index (χ3n) is 6.11. The summed E-state index contributed by atoms with van der Waals surface area (Å²) in [6.07, 6.45) is 2.34. The van der Waals surface area contributed by atoms with Crippen molar-refractivity contribution in [2.75, 3.05) is 13.1 Å². The topological polar surface area (TPSA) is 138 Å². The van der Waals surface area contributed by atoms with E-state index in [0.717, 1.165) is 6.08 Å². The third-order valence-corrected chi connectivity index (χ3v) is 6.11. The Morgan fingerprint density at radius 3 is 1.94 bits per heavy atom. The molecule has 0 radical (unpaired) electrons. The number of aliphatic carboxylic acids is 1. The number of Topliss-reactive ketones (excluding diaryl/α,β-unsaturated/α-hetero) is 2. The number of allylic oxidation sites excluding steroid dienone is 6. The number of nitrogens with one attached hydrogen (secondary N) is 1. The van der Waals surface area contributed by atoms with Gasteiger partial charge >= 0.3 is 5.97 Å². The minimum absolute atomic E-state index is 0.0170. The van der Waals surface area contributed by atoms with Crippen LogP contribution in [0.1, 0.15) is 23.0 Å². The predicted octanol–water partition coefficient (Wildman–Crippen LogP) is 0.820. The van der Waals surface area contributed by atoms with E-state index in [1.54, 1.807) is 24.3 Å². The molecule has 0 saturated heterocycles. The maximum atomic E-state index is 13.1. The Labute approximate surface area is 175 Å². The van der Waals surface area contributed by atoms with Gasteiger partial charge in [0, 0.05) is 40.7 Å². The van der Waals surface area contributed by atoms with Crippen LogP contribution in [0.2, 0.25) is 0 Å². The van der Waals surface area contributed by atoms with E-state index >= 15 is 0 Å². The Hall–Kier alpha value is -3.91. The molecule has 0 fully saturated rings. The molecule has 1 aromatic rings. The summed E-state index contributed by atoms with van der Waals surface area (Å²) in [6.45, 7) is -0.788. The quantitative estimate of drug-likeness (QED) is 0.372. The summed E-state index contributed by atoms with van der Waals surface area (Å²) in [5.41, 5.74) is 1.65. The molecule has 8 heteroatoms. The van der Waals surface area contributed by atoms with Crippen LogP contribution in [0.5, 0.6) is 0 Å². The standard InChI is InChI=1S/C23H15NO7/c25-12-5-6-13(26)18-16-10-4-2-1-3-9(10)15(17(12)18)19-20(16)23(31)22(30)11(21(19)29)7-24-8-14(27)28/h1-6,15-16,24,29H,7-8H2,(H,27,28). The van der Waals surface area contributed by atoms with E-state index < -0.39 is 47.5 Å². The molecule has 3 N–H and O–H groups in total. The predicted molar refractivity (Wildman–Crippen MR) is 105 cm³/mol. The number of carbonyl (C=O) groups excluding carboxylic acids is 4. The summed E-state index contributed by atoms with van der Waals surface area (Å²) in [6, 6.07) is 7.03. The molecule has 8 nitrogen and oxygen atoms in total. The van der Waals surface area contributed by atoms with Crippen molar-refractivity contribution in [1.29, 1.82) is 0 Å². The first-order valence-corrected chi connectivity index (χ1v) is 9.60. The molecule has 2 atom stereocenters. The number of benzene rings is 1. The molecule has 0 aliphatic heterocycles. The van der Waals surface area contributed by atoms with Crippen LogP contribution in [0.3, 0.4) is 0 Å². The van der Waals surface area contributed by atoms with Crippen LogP contribution < -0.4 is 5.32 Å². The molecule has 5 aliphatic carbocycles. The number of carbonyl (C=O) groups is 5. The Balaban J connectivity index is 1.73. The lowest BCUT2D eigenvalue weighted by Crippen LogP contribution is -2.43. The number of aliphatic hydroxyl groups is 1. The lowest BCUT2D eigenvalue weighted by molar-refractivity contribution is -0.136. The number of carboxylic acid groups (broad SMARTS) is 1. The molecule has 0 saturated carbocycles. The first-order valence-electron chi connectivity index (χ1n) is 9.60. The number of hydrogen-bond donors (Lipinski definition) is 3. The number of aliphatic hydroxyl groups excluding tert-OH is 1. The lowest BCUT2D eigenvalue weighted by Gasteiger charge is -2.45. The second-order valence-electron chi connectivity index (χ2n) is 7.69. The zero-order valence-electron chi connectivity index (χ0n) is 16.0. The SMILES string of the molecule is O=C(O)CNCC1=C(O)C2=C(C(=O)C1=O)C1C3=C(C(=O)C=CC3=O)C2c2ccccc21. The average molecular weight is 417 g/mol. The van der Waals surface area contributed by atoms with Crippen LogP contribution >= 0.6 is 0 Å². The van der Waals surface area contributed by atoms with Gasteiger partial charge in [-0.2, -0.15) is 0 Å². The van der Waals surface area contributed by atoms with Gasteiger partial charge in [0.25, 0.3) is 0 Å². The summed E-state index contributed by atoms with van der Waals surface area (Å²) < 4.78 is 0. The minimum atomic E-state index is -1.16. The Morgan fingerprint density at radius 2 is 1.39 bits per heavy atom. The highest BCUT2D eigenvalue weighted by Crippen LogP contribution is 2.59. The van der Waals surface area contributed by atoms with E-state index in [2.05, 4.69) is 5.32 Å². The van der Waals surface area contributed by atoms with Crippen LogP contribution in [-0.4, -0.2) is 52.4 Å². The highest BCUT2D eigenvalue weighted by atomic mass is 16.4. The summed E-state index contributed by atoms with van der Waals surface area (Å²) in [5, 5.41) is 22.4. The minimum Gasteiger partial charge on any atom is -0.507 e. The van der Waals surface area contributed by atoms with Gasteiger partial charge in [-0.25, -0.2) is 0 Å². The number of hydrogen-bond acceptors (Lipinski definition) is 7. The fourth-order valence-corrected chi connectivity index (χ4v) is 4.96. The first-order chi connectivity index (χ1) is 14.8. The van der Waals surface area contributed by atoms with Crippen LogP contribution in [0, 0.1) is 0 Å². The molecular formula is C23H15NO7. The van der Waals surface area contributed by atoms with Gasteiger partial charge in [-0.15, -0.1) is 0 Å². The van der Waals surface area contributed by atoms with Gasteiger partial charge in [0.15, 0.2) is 11.6 Å². The first kappa shape index (κ1) is 19.1. The second-order valence-corrected chi connectivity index (χ2v) is 7.69. The van der Waals surface area contributed by atoms with Gasteiger partial charge in [-0.3, -0.25) is 24.0 Å². The Morgan fingerprint density at radius 1 is 0.839 bits per heavy atom. The highest BCUT2D eigenvalue weighted by molar-refractivity contribution is 6.51. The van der Waals surface area contributed by atoms with Crippen LogP contribution in [0.25, 0.3) is 0 Å². The molecule has 2 bridgehead atoms. The van der Waals surface area contributed by atoms with E-state index in [1.165, 1.54) is 6.08 Å². The summed E-state index contributed by atoms with van der Waals surface area (Å²) in [4.78, 5) is 62.2. The normalized spacial score (nSPS) is 24.0. The second kappa shape index (κ2) is 6.55. The summed E-state index contributed by atoms with van der Waals surface area (Å²) in [7, 11) is 0. The molecule has 31 heavy (non-hydrogen) atoms. The molecule has 1 aromatic carbocycles. The molecule has 0 spiro atoms. The Bertz CT molecular complexity index is 1270. The molecule has 5 aliphatic rings. The van der Waals surface area contributed by atoms with E-state index in [1.807, 2.05) is 0 Å². The van der Waals surface area contributed by atoms with Gasteiger partial charge in [-0.1, -0.05) is 24.3 Å². The smallest absolute Gasteiger partial charge is 0.317 e. The molecule has 0 heterocycles. The number of carboxylic acids is 1. The van der Waals surface area contributed by atoms with E-state index in [0.29, 0.717) is 11.1 Å². The van der Waals surface area contributed by atoms with Crippen LogP contribution in [-0.2, 0) is 24.0 Å². The van der Waals surface area contributed by atoms with Gasteiger partial charge in [0.05, 0.1) is 12.1 Å². The van der Waals surface area contributed by atoms with Crippen LogP contribution in [0.4, 0.5) is 0 Å². The largest absolute Gasteiger partial charge is 0.507 e. The Kier molecular flexibility index (Phi) is 4.03. The number of rotatable bonds is 4. The molecule has 0 amide bonds. The molecule has 0 aromatic heterocycles. The summed E-state index contributed by atoms with van der Waals surface area (Å²) >= 11 is 0. The van der Waals surface area contributed by atoms with E-state index in [4.69, 9.17) is 5.11 Å². The van der Waals surface area contributed by atoms with Crippen molar-refractivity contribution in [3.05, 3.63) is 81.2 Å². The molecule has 2 unspecified atom stereocenters. The van der Waals surface area contributed by atoms with Crippen molar-refractivity contribution in [3.8, 4) is 0 Å². The zero-order chi connectivity index (χ0) is 22.0. The van der Waals surface area contributed by atoms with E-state index in [-0.39, 0.29) is 40.2 Å². The fraction of sp³-hybridized carbons (Fsp3) is 0.174. The van der Waals surface area contributed by atoms with Crippen molar-refractivity contribution < 1.29 is 34.2 Å². The zero-order valence-corrected chi connectivity index (χ0v) is 16.0. The van der Waals surface area contributed by atoms with E-state index in [9.17, 15) is 29.1 Å². The highest BCUT2D eigenvalue weighted by Gasteiger charge is 2.54. The maximum absolute atomic E-state index is 13.1. The van der Waals surface area contributed by atoms with Crippen molar-refractivity contribution in [1.82, 2.24) is 5.32 Å². The average Bonchev–Trinajstić information content (AvgIpc) is 2.76. The fourth-order valence-electron chi connectivity index (χ4n) is 4.96. The van der Waals surface area contributed by atoms with Gasteiger partial charge in [-0.05, 0) is 23.3 Å². The molecule has 6 rings (SSSR count). The maximum Gasteiger partial charge on any atom is 0.317 e. The van der Waals surface area contributed by atoms with Gasteiger partial charge < -0.3 is 15.5 Å². The summed E-state index contributed by atoms with van der Waals surface area (Å²) in [5.74, 6) is -5.97. The monoisotopic (exact) mass is 417 g/mol. The van der Waals surface area contributed by atoms with Crippen molar-refractivity contribution in [2.24, 2.45) is 0 Å². The van der Waals surface area contributed by atoms with Gasteiger partial charge in [0.1, 0.15) is 5.76 Å². The number of ketones is 4. The van der Waals surface area contributed by atoms with Crippen molar-refractivity contribution >= 4 is 29.1 Å². The lowest BCUT2D eigenvalue weighted by atomic mass is 9.56. The molecular weight excluding hydrogens is 402 g/mol. The van der Waals surface area contributed by atoms with Gasteiger partial charge in [0.2, 0.25) is 11.6 Å². The molecule has 154 valence electrons.